The van der Waals surface area contributed by atoms with Gasteiger partial charge in [0.2, 0.25) is 0 Å². The van der Waals surface area contributed by atoms with Crippen LogP contribution in [0.15, 0.2) is 29.3 Å². The van der Waals surface area contributed by atoms with E-state index in [1.165, 1.54) is 11.1 Å². The largest absolute Gasteiger partial charge is 0.378 e. The van der Waals surface area contributed by atoms with Crippen LogP contribution in [0.1, 0.15) is 38.3 Å². The first kappa shape index (κ1) is 27.1. The van der Waals surface area contributed by atoms with Crippen molar-refractivity contribution in [3.05, 3.63) is 35.4 Å². The van der Waals surface area contributed by atoms with Crippen molar-refractivity contribution in [2.24, 2.45) is 10.9 Å². The van der Waals surface area contributed by atoms with Gasteiger partial charge in [0.1, 0.15) is 0 Å². The minimum Gasteiger partial charge on any atom is -0.378 e. The molecule has 1 fully saturated rings. The summed E-state index contributed by atoms with van der Waals surface area (Å²) in [7, 11) is 4.01. The lowest BCUT2D eigenvalue weighted by atomic mass is 10.0. The number of hydrogen-bond donors (Lipinski definition) is 2. The van der Waals surface area contributed by atoms with Gasteiger partial charge in [0.05, 0.1) is 6.10 Å². The Hall–Kier alpha value is -0.900. The SMILES string of the molecule is CCOC(CCNC(=NC)NCc1ccc(CN2CCN(C)CC2)cc1)C(C)C.I. The second-order valence-corrected chi connectivity index (χ2v) is 8.27. The van der Waals surface area contributed by atoms with Crippen LogP contribution in [0.5, 0.6) is 0 Å². The van der Waals surface area contributed by atoms with Crippen LogP contribution >= 0.6 is 24.0 Å². The van der Waals surface area contributed by atoms with Gasteiger partial charge >= 0.3 is 0 Å². The number of nitrogens with zero attached hydrogens (tertiary/aromatic N) is 3. The molecule has 0 amide bonds. The molecule has 1 aromatic carbocycles. The Morgan fingerprint density at radius 2 is 1.70 bits per heavy atom. The van der Waals surface area contributed by atoms with Gasteiger partial charge in [-0.25, -0.2) is 0 Å². The Morgan fingerprint density at radius 3 is 2.27 bits per heavy atom. The molecule has 0 saturated carbocycles. The van der Waals surface area contributed by atoms with Gasteiger partial charge in [0.25, 0.3) is 0 Å². The molecule has 1 atom stereocenters. The second-order valence-electron chi connectivity index (χ2n) is 8.27. The van der Waals surface area contributed by atoms with E-state index in [4.69, 9.17) is 4.74 Å². The number of guanidine groups is 1. The number of rotatable bonds is 10. The molecular formula is C23H42IN5O. The summed E-state index contributed by atoms with van der Waals surface area (Å²) in [5.74, 6) is 1.36. The van der Waals surface area contributed by atoms with Crippen molar-refractivity contribution in [3.63, 3.8) is 0 Å². The summed E-state index contributed by atoms with van der Waals surface area (Å²) < 4.78 is 5.81. The highest BCUT2D eigenvalue weighted by Crippen LogP contribution is 2.11. The van der Waals surface area contributed by atoms with Crippen molar-refractivity contribution >= 4 is 29.9 Å². The van der Waals surface area contributed by atoms with Crippen molar-refractivity contribution < 1.29 is 4.74 Å². The number of benzene rings is 1. The van der Waals surface area contributed by atoms with E-state index < -0.39 is 0 Å². The first-order chi connectivity index (χ1) is 14.0. The molecule has 6 nitrogen and oxygen atoms in total. The van der Waals surface area contributed by atoms with Gasteiger partial charge in [-0.3, -0.25) is 9.89 Å². The molecule has 1 heterocycles. The molecule has 7 heteroatoms. The first-order valence-electron chi connectivity index (χ1n) is 11.1. The maximum atomic E-state index is 5.81. The molecule has 0 radical (unpaired) electrons. The van der Waals surface area contributed by atoms with Crippen LogP contribution in [-0.2, 0) is 17.8 Å². The fraction of sp³-hybridized carbons (Fsp3) is 0.696. The summed E-state index contributed by atoms with van der Waals surface area (Å²) in [4.78, 5) is 9.26. The standard InChI is InChI=1S/C23H41N5O.HI/c1-6-29-22(19(2)3)11-12-25-23(24-4)26-17-20-7-9-21(10-8-20)18-28-15-13-27(5)14-16-28;/h7-10,19,22H,6,11-18H2,1-5H3,(H2,24,25,26);1H. The molecule has 2 N–H and O–H groups in total. The highest BCUT2D eigenvalue weighted by Gasteiger charge is 2.14. The van der Waals surface area contributed by atoms with Crippen LogP contribution in [0.2, 0.25) is 0 Å². The van der Waals surface area contributed by atoms with Gasteiger partial charge in [-0.1, -0.05) is 38.1 Å². The molecule has 0 bridgehead atoms. The van der Waals surface area contributed by atoms with Crippen LogP contribution in [0, 0.1) is 5.92 Å². The normalized spacial score (nSPS) is 16.9. The van der Waals surface area contributed by atoms with E-state index in [1.807, 2.05) is 7.05 Å². The number of aliphatic imine (C=N–C) groups is 1. The van der Waals surface area contributed by atoms with Crippen molar-refractivity contribution in [3.8, 4) is 0 Å². The molecule has 1 aromatic rings. The number of hydrogen-bond acceptors (Lipinski definition) is 4. The Bertz CT molecular complexity index is 600. The highest BCUT2D eigenvalue weighted by atomic mass is 127. The Balaban J connectivity index is 0.00000450. The van der Waals surface area contributed by atoms with E-state index in [0.717, 1.165) is 64.8 Å². The summed E-state index contributed by atoms with van der Waals surface area (Å²) in [6, 6.07) is 8.94. The monoisotopic (exact) mass is 531 g/mol. The van der Waals surface area contributed by atoms with Crippen LogP contribution < -0.4 is 10.6 Å². The number of likely N-dealkylation sites (N-methyl/N-ethyl adjacent to an activating group) is 1. The van der Waals surface area contributed by atoms with Crippen molar-refractivity contribution in [1.82, 2.24) is 20.4 Å². The maximum Gasteiger partial charge on any atom is 0.191 e. The quantitative estimate of drug-likeness (QED) is 0.276. The van der Waals surface area contributed by atoms with Gasteiger partial charge in [0.15, 0.2) is 5.96 Å². The molecule has 1 aliphatic rings. The molecule has 1 saturated heterocycles. The molecule has 0 spiro atoms. The third-order valence-electron chi connectivity index (χ3n) is 5.55. The van der Waals surface area contributed by atoms with Gasteiger partial charge in [-0.15, -0.1) is 24.0 Å². The average molecular weight is 532 g/mol. The molecule has 2 rings (SSSR count). The highest BCUT2D eigenvalue weighted by molar-refractivity contribution is 14.0. The van der Waals surface area contributed by atoms with E-state index in [1.54, 1.807) is 0 Å². The van der Waals surface area contributed by atoms with Crippen LogP contribution in [-0.4, -0.2) is 75.3 Å². The van der Waals surface area contributed by atoms with E-state index in [9.17, 15) is 0 Å². The van der Waals surface area contributed by atoms with Crippen LogP contribution in [0.3, 0.4) is 0 Å². The number of halogens is 1. The lowest BCUT2D eigenvalue weighted by molar-refractivity contribution is 0.0258. The number of nitrogens with one attached hydrogen (secondary N) is 2. The third kappa shape index (κ3) is 9.94. The lowest BCUT2D eigenvalue weighted by Crippen LogP contribution is -2.43. The van der Waals surface area contributed by atoms with E-state index in [2.05, 4.69) is 77.5 Å². The second kappa shape index (κ2) is 15.0. The Morgan fingerprint density at radius 1 is 1.07 bits per heavy atom. The Kier molecular flexibility index (Phi) is 13.6. The number of piperazine rings is 1. The Labute approximate surface area is 200 Å². The minimum atomic E-state index is 0. The predicted octanol–water partition coefficient (Wildman–Crippen LogP) is 3.17. The van der Waals surface area contributed by atoms with Crippen molar-refractivity contribution in [1.29, 1.82) is 0 Å². The first-order valence-corrected chi connectivity index (χ1v) is 11.1. The average Bonchev–Trinajstić information content (AvgIpc) is 2.72. The van der Waals surface area contributed by atoms with Gasteiger partial charge in [-0.2, -0.15) is 0 Å². The minimum absolute atomic E-state index is 0. The van der Waals surface area contributed by atoms with E-state index >= 15 is 0 Å². The van der Waals surface area contributed by atoms with Crippen molar-refractivity contribution in [2.45, 2.75) is 46.4 Å². The maximum absolute atomic E-state index is 5.81. The van der Waals surface area contributed by atoms with Gasteiger partial charge < -0.3 is 20.3 Å². The molecule has 1 aliphatic heterocycles. The molecular weight excluding hydrogens is 489 g/mol. The molecule has 0 aromatic heterocycles. The van der Waals surface area contributed by atoms with Crippen molar-refractivity contribution in [2.75, 3.05) is 53.4 Å². The topological polar surface area (TPSA) is 52.1 Å². The van der Waals surface area contributed by atoms with Gasteiger partial charge in [0, 0.05) is 59.5 Å². The fourth-order valence-electron chi connectivity index (χ4n) is 3.59. The third-order valence-corrected chi connectivity index (χ3v) is 5.55. The predicted molar refractivity (Wildman–Crippen MR) is 138 cm³/mol. The summed E-state index contributed by atoms with van der Waals surface area (Å²) in [5, 5.41) is 6.81. The summed E-state index contributed by atoms with van der Waals surface area (Å²) in [6.07, 6.45) is 1.27. The zero-order valence-electron chi connectivity index (χ0n) is 19.5. The zero-order chi connectivity index (χ0) is 21.1. The molecule has 172 valence electrons. The number of ether oxygens (including phenoxy) is 1. The summed E-state index contributed by atoms with van der Waals surface area (Å²) in [6.45, 7) is 14.5. The van der Waals surface area contributed by atoms with Crippen LogP contribution in [0.25, 0.3) is 0 Å². The fourth-order valence-corrected chi connectivity index (χ4v) is 3.59. The molecule has 0 aliphatic carbocycles. The van der Waals surface area contributed by atoms with E-state index in [0.29, 0.717) is 12.0 Å². The molecule has 1 unspecified atom stereocenters. The van der Waals surface area contributed by atoms with E-state index in [-0.39, 0.29) is 24.0 Å². The lowest BCUT2D eigenvalue weighted by Gasteiger charge is -2.32. The van der Waals surface area contributed by atoms with Crippen LogP contribution in [0.4, 0.5) is 0 Å². The molecule has 30 heavy (non-hydrogen) atoms. The zero-order valence-corrected chi connectivity index (χ0v) is 21.8. The summed E-state index contributed by atoms with van der Waals surface area (Å²) in [5.41, 5.74) is 2.65. The van der Waals surface area contributed by atoms with Gasteiger partial charge in [-0.05, 0) is 37.4 Å². The smallest absolute Gasteiger partial charge is 0.191 e. The summed E-state index contributed by atoms with van der Waals surface area (Å²) >= 11 is 0.